The fourth-order valence-corrected chi connectivity index (χ4v) is 4.86. The summed E-state index contributed by atoms with van der Waals surface area (Å²) in [5.41, 5.74) is 0.784. The van der Waals surface area contributed by atoms with Crippen molar-refractivity contribution in [3.8, 4) is 6.07 Å². The van der Waals surface area contributed by atoms with E-state index in [-0.39, 0.29) is 24.7 Å². The Bertz CT molecular complexity index is 1250. The summed E-state index contributed by atoms with van der Waals surface area (Å²) >= 11 is 1.35. The van der Waals surface area contributed by atoms with Crippen molar-refractivity contribution in [2.24, 2.45) is 0 Å². The van der Waals surface area contributed by atoms with Gasteiger partial charge in [0.1, 0.15) is 10.4 Å². The van der Waals surface area contributed by atoms with Crippen molar-refractivity contribution in [1.82, 2.24) is 4.98 Å². The number of carbonyl (C=O) groups excluding carboxylic acids is 2. The molecule has 0 saturated carbocycles. The van der Waals surface area contributed by atoms with Crippen molar-refractivity contribution in [2.75, 3.05) is 23.9 Å². The number of thiazole rings is 1. The van der Waals surface area contributed by atoms with Crippen molar-refractivity contribution < 1.29 is 9.59 Å². The molecule has 1 heterocycles. The van der Waals surface area contributed by atoms with Gasteiger partial charge < -0.3 is 9.80 Å². The summed E-state index contributed by atoms with van der Waals surface area (Å²) in [5, 5.41) is 10.9. The standard InChI is InChI=1S/C27H24N4O2S/c1-30(20-11-5-3-6-12-20)24(32)17-27(19-28,26-29-22-15-9-10-16-23(22)34-26)18-25(33)31(2)21-13-7-4-8-14-21/h3-16H,17-18H2,1-2H3. The molecule has 6 nitrogen and oxygen atoms in total. The van der Waals surface area contributed by atoms with Gasteiger partial charge in [-0.2, -0.15) is 5.26 Å². The van der Waals surface area contributed by atoms with Crippen molar-refractivity contribution in [3.63, 3.8) is 0 Å². The topological polar surface area (TPSA) is 77.3 Å². The number of nitrogens with zero attached hydrogens (tertiary/aromatic N) is 4. The van der Waals surface area contributed by atoms with Crippen LogP contribution in [0.5, 0.6) is 0 Å². The van der Waals surface area contributed by atoms with Gasteiger partial charge in [0.05, 0.1) is 29.1 Å². The van der Waals surface area contributed by atoms with Crippen molar-refractivity contribution in [2.45, 2.75) is 18.3 Å². The first kappa shape index (κ1) is 23.1. The number of rotatable bonds is 7. The maximum Gasteiger partial charge on any atom is 0.228 e. The number of carbonyl (C=O) groups is 2. The number of fused-ring (bicyclic) bond motifs is 1. The first-order valence-corrected chi connectivity index (χ1v) is 11.7. The van der Waals surface area contributed by atoms with E-state index in [1.54, 1.807) is 14.1 Å². The second-order valence-electron chi connectivity index (χ2n) is 8.11. The number of nitriles is 1. The average Bonchev–Trinajstić information content (AvgIpc) is 3.33. The third kappa shape index (κ3) is 4.68. The van der Waals surface area contributed by atoms with E-state index in [1.165, 1.54) is 21.1 Å². The van der Waals surface area contributed by atoms with Crippen LogP contribution in [-0.2, 0) is 15.0 Å². The molecule has 0 N–H and O–H groups in total. The molecule has 7 heteroatoms. The molecule has 1 aromatic heterocycles. The van der Waals surface area contributed by atoms with Gasteiger partial charge >= 0.3 is 0 Å². The molecule has 170 valence electrons. The van der Waals surface area contributed by atoms with Gasteiger partial charge in [-0.15, -0.1) is 11.3 Å². The number of para-hydroxylation sites is 3. The van der Waals surface area contributed by atoms with E-state index < -0.39 is 5.41 Å². The van der Waals surface area contributed by atoms with Crippen LogP contribution in [0.15, 0.2) is 84.9 Å². The zero-order valence-corrected chi connectivity index (χ0v) is 19.8. The van der Waals surface area contributed by atoms with Crippen LogP contribution in [0.3, 0.4) is 0 Å². The molecule has 0 aliphatic heterocycles. The third-order valence-corrected chi connectivity index (χ3v) is 7.10. The summed E-state index contributed by atoms with van der Waals surface area (Å²) in [4.78, 5) is 34.4. The molecule has 0 aliphatic carbocycles. The van der Waals surface area contributed by atoms with Crippen LogP contribution in [-0.4, -0.2) is 30.9 Å². The molecule has 0 fully saturated rings. The quantitative estimate of drug-likeness (QED) is 0.375. The molecule has 0 unspecified atom stereocenters. The Labute approximate surface area is 202 Å². The van der Waals surface area contributed by atoms with Crippen molar-refractivity contribution >= 4 is 44.7 Å². The summed E-state index contributed by atoms with van der Waals surface area (Å²) in [5.74, 6) is -0.524. The number of amides is 2. The fourth-order valence-electron chi connectivity index (χ4n) is 3.76. The number of hydrogen-bond donors (Lipinski definition) is 0. The Morgan fingerprint density at radius 1 is 0.824 bits per heavy atom. The molecule has 2 amide bonds. The van der Waals surface area contributed by atoms with E-state index in [9.17, 15) is 14.9 Å². The zero-order valence-electron chi connectivity index (χ0n) is 19.0. The Morgan fingerprint density at radius 3 is 1.76 bits per heavy atom. The Morgan fingerprint density at radius 2 is 1.29 bits per heavy atom. The molecule has 0 atom stereocenters. The number of aromatic nitrogens is 1. The average molecular weight is 469 g/mol. The highest BCUT2D eigenvalue weighted by Crippen LogP contribution is 2.38. The van der Waals surface area contributed by atoms with Crippen LogP contribution < -0.4 is 9.80 Å². The van der Waals surface area contributed by atoms with Crippen LogP contribution in [0, 0.1) is 11.3 Å². The first-order chi connectivity index (χ1) is 16.4. The number of hydrogen-bond acceptors (Lipinski definition) is 5. The lowest BCUT2D eigenvalue weighted by molar-refractivity contribution is -0.121. The minimum atomic E-state index is -1.40. The normalized spacial score (nSPS) is 11.1. The molecule has 0 radical (unpaired) electrons. The summed E-state index contributed by atoms with van der Waals surface area (Å²) in [7, 11) is 3.35. The van der Waals surface area contributed by atoms with Crippen LogP contribution in [0.1, 0.15) is 17.8 Å². The SMILES string of the molecule is CN(C(=O)CC(C#N)(CC(=O)N(C)c1ccccc1)c1nc2ccccc2s1)c1ccccc1. The molecule has 4 rings (SSSR count). The lowest BCUT2D eigenvalue weighted by Gasteiger charge is -2.28. The maximum atomic E-state index is 13.4. The van der Waals surface area contributed by atoms with Gasteiger partial charge in [-0.05, 0) is 36.4 Å². The van der Waals surface area contributed by atoms with Gasteiger partial charge in [0.2, 0.25) is 11.8 Å². The van der Waals surface area contributed by atoms with Crippen LogP contribution >= 0.6 is 11.3 Å². The van der Waals surface area contributed by atoms with Gasteiger partial charge in [-0.25, -0.2) is 4.98 Å². The van der Waals surface area contributed by atoms with Crippen LogP contribution in [0.4, 0.5) is 11.4 Å². The van der Waals surface area contributed by atoms with E-state index in [0.29, 0.717) is 5.01 Å². The van der Waals surface area contributed by atoms with Gasteiger partial charge in [-0.1, -0.05) is 48.5 Å². The minimum Gasteiger partial charge on any atom is -0.315 e. The predicted octanol–water partition coefficient (Wildman–Crippen LogP) is 5.16. The van der Waals surface area contributed by atoms with E-state index in [0.717, 1.165) is 21.6 Å². The monoisotopic (exact) mass is 468 g/mol. The van der Waals surface area contributed by atoms with Gasteiger partial charge in [0.25, 0.3) is 0 Å². The van der Waals surface area contributed by atoms with Gasteiger partial charge in [-0.3, -0.25) is 9.59 Å². The second kappa shape index (κ2) is 9.86. The lowest BCUT2D eigenvalue weighted by atomic mass is 9.82. The minimum absolute atomic E-state index is 0.164. The molecule has 0 spiro atoms. The van der Waals surface area contributed by atoms with Crippen molar-refractivity contribution in [3.05, 3.63) is 89.9 Å². The number of benzene rings is 3. The van der Waals surface area contributed by atoms with E-state index in [2.05, 4.69) is 11.1 Å². The molecule has 3 aromatic carbocycles. The smallest absolute Gasteiger partial charge is 0.228 e. The van der Waals surface area contributed by atoms with Crippen molar-refractivity contribution in [1.29, 1.82) is 5.26 Å². The van der Waals surface area contributed by atoms with E-state index in [4.69, 9.17) is 0 Å². The van der Waals surface area contributed by atoms with Crippen LogP contribution in [0.2, 0.25) is 0 Å². The molecule has 0 aliphatic rings. The Balaban J connectivity index is 1.71. The van der Waals surface area contributed by atoms with E-state index >= 15 is 0 Å². The fraction of sp³-hybridized carbons (Fsp3) is 0.185. The number of anilines is 2. The maximum absolute atomic E-state index is 13.4. The summed E-state index contributed by atoms with van der Waals surface area (Å²) < 4.78 is 0.907. The highest BCUT2D eigenvalue weighted by molar-refractivity contribution is 7.18. The molecule has 0 bridgehead atoms. The molecular weight excluding hydrogens is 444 g/mol. The largest absolute Gasteiger partial charge is 0.315 e. The lowest BCUT2D eigenvalue weighted by Crippen LogP contribution is -2.40. The highest BCUT2D eigenvalue weighted by atomic mass is 32.1. The van der Waals surface area contributed by atoms with E-state index in [1.807, 2.05) is 84.9 Å². The Kier molecular flexibility index (Phi) is 6.71. The first-order valence-electron chi connectivity index (χ1n) is 10.8. The zero-order chi connectivity index (χ0) is 24.1. The molecular formula is C27H24N4O2S. The Hall–Kier alpha value is -4.02. The van der Waals surface area contributed by atoms with Gasteiger partial charge in [0.15, 0.2) is 0 Å². The van der Waals surface area contributed by atoms with Crippen LogP contribution in [0.25, 0.3) is 10.2 Å². The summed E-state index contributed by atoms with van der Waals surface area (Å²) in [6, 6.07) is 28.4. The highest BCUT2D eigenvalue weighted by Gasteiger charge is 2.42. The summed E-state index contributed by atoms with van der Waals surface area (Å²) in [6.45, 7) is 0. The second-order valence-corrected chi connectivity index (χ2v) is 9.14. The predicted molar refractivity (Wildman–Crippen MR) is 136 cm³/mol. The van der Waals surface area contributed by atoms with Gasteiger partial charge in [0, 0.05) is 25.5 Å². The summed E-state index contributed by atoms with van der Waals surface area (Å²) in [6.07, 6.45) is -0.327. The third-order valence-electron chi connectivity index (χ3n) is 5.86. The molecule has 34 heavy (non-hydrogen) atoms. The molecule has 0 saturated heterocycles. The molecule has 4 aromatic rings.